The summed E-state index contributed by atoms with van der Waals surface area (Å²) >= 11 is 0. The number of hydrogen-bond acceptors (Lipinski definition) is 3. The van der Waals surface area contributed by atoms with Crippen molar-refractivity contribution in [1.82, 2.24) is 10.2 Å². The predicted molar refractivity (Wildman–Crippen MR) is 55.5 cm³/mol. The van der Waals surface area contributed by atoms with Crippen molar-refractivity contribution in [2.24, 2.45) is 0 Å². The summed E-state index contributed by atoms with van der Waals surface area (Å²) < 4.78 is 0. The molecular weight excluding hydrogens is 162 g/mol. The van der Waals surface area contributed by atoms with E-state index in [2.05, 4.69) is 30.4 Å². The van der Waals surface area contributed by atoms with E-state index in [1.165, 1.54) is 19.4 Å². The summed E-state index contributed by atoms with van der Waals surface area (Å²) in [5.41, 5.74) is 0. The summed E-state index contributed by atoms with van der Waals surface area (Å²) in [4.78, 5) is 2.20. The lowest BCUT2D eigenvalue weighted by Crippen LogP contribution is -2.19. The van der Waals surface area contributed by atoms with E-state index < -0.39 is 0 Å². The van der Waals surface area contributed by atoms with Crippen LogP contribution in [0.25, 0.3) is 0 Å². The molecule has 13 heavy (non-hydrogen) atoms. The highest BCUT2D eigenvalue weighted by atomic mass is 15.0. The zero-order valence-electron chi connectivity index (χ0n) is 8.84. The molecule has 1 N–H and O–H groups in total. The van der Waals surface area contributed by atoms with Crippen molar-refractivity contribution in [2.45, 2.75) is 25.7 Å². The fraction of sp³-hybridized carbons (Fsp3) is 0.900. The second-order valence-corrected chi connectivity index (χ2v) is 3.52. The van der Waals surface area contributed by atoms with Gasteiger partial charge >= 0.3 is 0 Å². The molecule has 3 nitrogen and oxygen atoms in total. The van der Waals surface area contributed by atoms with Crippen LogP contribution in [0.2, 0.25) is 0 Å². The maximum atomic E-state index is 8.28. The summed E-state index contributed by atoms with van der Waals surface area (Å²) in [6.07, 6.45) is 4.12. The van der Waals surface area contributed by atoms with Gasteiger partial charge in [-0.1, -0.05) is 0 Å². The number of nitriles is 1. The summed E-state index contributed by atoms with van der Waals surface area (Å²) in [6, 6.07) is 2.14. The third kappa shape index (κ3) is 11.4. The van der Waals surface area contributed by atoms with Crippen molar-refractivity contribution in [3.05, 3.63) is 0 Å². The van der Waals surface area contributed by atoms with Gasteiger partial charge in [-0.25, -0.2) is 0 Å². The van der Waals surface area contributed by atoms with Crippen LogP contribution in [0.1, 0.15) is 25.7 Å². The van der Waals surface area contributed by atoms with Crippen LogP contribution in [0.15, 0.2) is 0 Å². The Labute approximate surface area is 81.7 Å². The van der Waals surface area contributed by atoms with Gasteiger partial charge in [-0.2, -0.15) is 5.26 Å². The average molecular weight is 183 g/mol. The van der Waals surface area contributed by atoms with Gasteiger partial charge in [-0.05, 0) is 53.0 Å². The lowest BCUT2D eigenvalue weighted by atomic mass is 10.3. The molecule has 0 heterocycles. The van der Waals surface area contributed by atoms with Gasteiger partial charge in [0.2, 0.25) is 0 Å². The van der Waals surface area contributed by atoms with Gasteiger partial charge in [0, 0.05) is 6.42 Å². The summed E-state index contributed by atoms with van der Waals surface area (Å²) in [5, 5.41) is 11.6. The second-order valence-electron chi connectivity index (χ2n) is 3.52. The van der Waals surface area contributed by atoms with E-state index in [9.17, 15) is 0 Å². The topological polar surface area (TPSA) is 39.1 Å². The Balaban J connectivity index is 2.88. The third-order valence-corrected chi connectivity index (χ3v) is 1.85. The molecule has 0 aliphatic rings. The highest BCUT2D eigenvalue weighted by molar-refractivity contribution is 4.68. The van der Waals surface area contributed by atoms with E-state index in [1.807, 2.05) is 0 Å². The Morgan fingerprint density at radius 2 is 1.85 bits per heavy atom. The highest BCUT2D eigenvalue weighted by Crippen LogP contribution is 1.89. The van der Waals surface area contributed by atoms with Crippen LogP contribution < -0.4 is 5.32 Å². The molecule has 3 heteroatoms. The molecule has 0 saturated heterocycles. The van der Waals surface area contributed by atoms with Crippen molar-refractivity contribution in [1.29, 1.82) is 5.26 Å². The quantitative estimate of drug-likeness (QED) is 0.575. The number of hydrogen-bond donors (Lipinski definition) is 1. The normalized spacial score (nSPS) is 10.3. The highest BCUT2D eigenvalue weighted by Gasteiger charge is 1.91. The van der Waals surface area contributed by atoms with Gasteiger partial charge in [0.25, 0.3) is 0 Å². The van der Waals surface area contributed by atoms with E-state index >= 15 is 0 Å². The Morgan fingerprint density at radius 1 is 1.15 bits per heavy atom. The number of rotatable bonds is 8. The van der Waals surface area contributed by atoms with Gasteiger partial charge in [-0.3, -0.25) is 0 Å². The molecular formula is C10H21N3. The largest absolute Gasteiger partial charge is 0.317 e. The molecule has 0 aliphatic carbocycles. The van der Waals surface area contributed by atoms with E-state index in [0.717, 1.165) is 19.5 Å². The maximum absolute atomic E-state index is 8.28. The van der Waals surface area contributed by atoms with Gasteiger partial charge in [0.05, 0.1) is 6.07 Å². The van der Waals surface area contributed by atoms with Crippen LogP contribution in [0, 0.1) is 11.3 Å². The first-order chi connectivity index (χ1) is 6.27. The van der Waals surface area contributed by atoms with Gasteiger partial charge in [-0.15, -0.1) is 0 Å². The minimum atomic E-state index is 0.671. The fourth-order valence-electron chi connectivity index (χ4n) is 1.10. The molecule has 0 bridgehead atoms. The van der Waals surface area contributed by atoms with Crippen LogP contribution in [0.3, 0.4) is 0 Å². The van der Waals surface area contributed by atoms with Crippen LogP contribution >= 0.6 is 0 Å². The average Bonchev–Trinajstić information content (AvgIpc) is 2.09. The van der Waals surface area contributed by atoms with Crippen LogP contribution in [0.4, 0.5) is 0 Å². The van der Waals surface area contributed by atoms with E-state index in [-0.39, 0.29) is 0 Å². The van der Waals surface area contributed by atoms with E-state index in [1.54, 1.807) is 0 Å². The van der Waals surface area contributed by atoms with E-state index in [0.29, 0.717) is 6.42 Å². The number of unbranched alkanes of at least 4 members (excludes halogenated alkanes) is 2. The predicted octanol–water partition coefficient (Wildman–Crippen LogP) is 1.22. The summed E-state index contributed by atoms with van der Waals surface area (Å²) in [7, 11) is 4.20. The van der Waals surface area contributed by atoms with Crippen molar-refractivity contribution < 1.29 is 0 Å². The number of nitrogens with zero attached hydrogens (tertiary/aromatic N) is 2. The molecule has 0 rings (SSSR count). The molecule has 0 spiro atoms. The Morgan fingerprint density at radius 3 is 2.46 bits per heavy atom. The first-order valence-electron chi connectivity index (χ1n) is 4.99. The molecule has 0 aromatic rings. The lowest BCUT2D eigenvalue weighted by molar-refractivity contribution is 0.391. The maximum Gasteiger partial charge on any atom is 0.0622 e. The van der Waals surface area contributed by atoms with Crippen molar-refractivity contribution in [2.75, 3.05) is 33.7 Å². The van der Waals surface area contributed by atoms with Gasteiger partial charge in [0.15, 0.2) is 0 Å². The fourth-order valence-corrected chi connectivity index (χ4v) is 1.10. The minimum absolute atomic E-state index is 0.671. The Bertz CT molecular complexity index is 138. The summed E-state index contributed by atoms with van der Waals surface area (Å²) in [5.74, 6) is 0. The molecule has 76 valence electrons. The van der Waals surface area contributed by atoms with E-state index in [4.69, 9.17) is 5.26 Å². The van der Waals surface area contributed by atoms with Crippen molar-refractivity contribution in [3.63, 3.8) is 0 Å². The third-order valence-electron chi connectivity index (χ3n) is 1.85. The first kappa shape index (κ1) is 12.4. The first-order valence-corrected chi connectivity index (χ1v) is 4.99. The van der Waals surface area contributed by atoms with Crippen LogP contribution in [-0.2, 0) is 0 Å². The minimum Gasteiger partial charge on any atom is -0.317 e. The smallest absolute Gasteiger partial charge is 0.0622 e. The molecule has 0 radical (unpaired) electrons. The molecule has 0 atom stereocenters. The summed E-state index contributed by atoms with van der Waals surface area (Å²) in [6.45, 7) is 3.23. The molecule has 0 amide bonds. The molecule has 0 saturated carbocycles. The van der Waals surface area contributed by atoms with Gasteiger partial charge < -0.3 is 10.2 Å². The van der Waals surface area contributed by atoms with Gasteiger partial charge in [0.1, 0.15) is 0 Å². The van der Waals surface area contributed by atoms with Crippen molar-refractivity contribution in [3.8, 4) is 6.07 Å². The zero-order valence-corrected chi connectivity index (χ0v) is 8.84. The Kier molecular flexibility index (Phi) is 9.07. The van der Waals surface area contributed by atoms with Crippen LogP contribution in [0.5, 0.6) is 0 Å². The second kappa shape index (κ2) is 9.50. The monoisotopic (exact) mass is 183 g/mol. The molecule has 0 unspecified atom stereocenters. The van der Waals surface area contributed by atoms with Crippen LogP contribution in [-0.4, -0.2) is 38.6 Å². The van der Waals surface area contributed by atoms with Crippen molar-refractivity contribution >= 4 is 0 Å². The molecule has 0 aliphatic heterocycles. The Hall–Kier alpha value is -0.590. The molecule has 0 fully saturated rings. The molecule has 0 aromatic carbocycles. The standard InChI is InChI=1S/C10H21N3/c1-13(2)10-6-5-9-12-8-4-3-7-11/h12H,3-6,8-10H2,1-2H3. The number of nitrogens with one attached hydrogen (secondary N) is 1. The zero-order chi connectivity index (χ0) is 9.94. The SMILES string of the molecule is CN(C)CCCCNCCCC#N. The lowest BCUT2D eigenvalue weighted by Gasteiger charge is -2.08. The molecule has 0 aromatic heterocycles.